The van der Waals surface area contributed by atoms with Crippen LogP contribution in [0.25, 0.3) is 11.1 Å². The molecule has 0 saturated carbocycles. The second kappa shape index (κ2) is 14.1. The van der Waals surface area contributed by atoms with Crippen LogP contribution in [0.2, 0.25) is 0 Å². The van der Waals surface area contributed by atoms with E-state index in [1.807, 2.05) is 13.8 Å². The van der Waals surface area contributed by atoms with Gasteiger partial charge in [0, 0.05) is 30.8 Å². The lowest BCUT2D eigenvalue weighted by Gasteiger charge is -2.32. The predicted molar refractivity (Wildman–Crippen MR) is 178 cm³/mol. The molecule has 2 unspecified atom stereocenters. The number of anilines is 1. The topological polar surface area (TPSA) is 100 Å². The summed E-state index contributed by atoms with van der Waals surface area (Å²) in [4.78, 5) is 47.1. The van der Waals surface area contributed by atoms with Crippen LogP contribution >= 0.6 is 0 Å². The van der Waals surface area contributed by atoms with Crippen LogP contribution in [-0.2, 0) is 32.1 Å². The molecular weight excluding hydrogens is 699 g/mol. The van der Waals surface area contributed by atoms with E-state index in [0.717, 1.165) is 15.9 Å². The number of aryl methyl sites for hydroxylation is 1. The molecule has 0 aliphatic carbocycles. The molecular formula is C37H40F7N3O5. The molecule has 1 aliphatic heterocycles. The van der Waals surface area contributed by atoms with E-state index in [4.69, 9.17) is 4.74 Å². The van der Waals surface area contributed by atoms with Crippen molar-refractivity contribution in [2.75, 3.05) is 25.1 Å². The Balaban J connectivity index is 1.86. The molecule has 1 saturated heterocycles. The minimum absolute atomic E-state index is 0.0221. The van der Waals surface area contributed by atoms with Crippen LogP contribution in [0.15, 0.2) is 48.7 Å². The Morgan fingerprint density at radius 3 is 2.00 bits per heavy atom. The van der Waals surface area contributed by atoms with Gasteiger partial charge in [-0.1, -0.05) is 19.9 Å². The Morgan fingerprint density at radius 2 is 1.50 bits per heavy atom. The van der Waals surface area contributed by atoms with Crippen molar-refractivity contribution >= 4 is 23.6 Å². The number of rotatable bonds is 8. The zero-order valence-corrected chi connectivity index (χ0v) is 29.8. The summed E-state index contributed by atoms with van der Waals surface area (Å²) in [5.74, 6) is -4.28. The summed E-state index contributed by atoms with van der Waals surface area (Å²) < 4.78 is 102. The Kier molecular flexibility index (Phi) is 10.9. The van der Waals surface area contributed by atoms with Crippen LogP contribution in [-0.4, -0.2) is 58.7 Å². The lowest BCUT2D eigenvalue weighted by Crippen LogP contribution is -2.42. The maximum atomic E-state index is 14.3. The molecule has 8 nitrogen and oxygen atoms in total. The third-order valence-corrected chi connectivity index (χ3v) is 9.11. The highest BCUT2D eigenvalue weighted by atomic mass is 19.4. The number of carbonyl (C=O) groups excluding carboxylic acids is 3. The molecule has 2 atom stereocenters. The van der Waals surface area contributed by atoms with Gasteiger partial charge in [-0.3, -0.25) is 14.6 Å². The Hall–Kier alpha value is -4.53. The minimum Gasteiger partial charge on any atom is -0.449 e. The summed E-state index contributed by atoms with van der Waals surface area (Å²) in [7, 11) is 1.27. The van der Waals surface area contributed by atoms with Crippen molar-refractivity contribution in [2.45, 2.75) is 77.8 Å². The van der Waals surface area contributed by atoms with Crippen molar-refractivity contribution in [3.8, 4) is 11.1 Å². The molecule has 2 heterocycles. The molecule has 52 heavy (non-hydrogen) atoms. The number of ether oxygens (including phenoxy) is 1. The van der Waals surface area contributed by atoms with Gasteiger partial charge in [-0.2, -0.15) is 26.3 Å². The van der Waals surface area contributed by atoms with E-state index in [0.29, 0.717) is 23.3 Å². The lowest BCUT2D eigenvalue weighted by molar-refractivity contribution is -0.143. The molecule has 1 N–H and O–H groups in total. The number of hydrogen-bond acceptors (Lipinski definition) is 6. The molecule has 0 bridgehead atoms. The number of aliphatic hydroxyl groups is 1. The molecule has 3 aromatic rings. The van der Waals surface area contributed by atoms with E-state index in [1.54, 1.807) is 6.92 Å². The molecule has 1 aromatic heterocycles. The number of likely N-dealkylation sites (N-methyl/N-ethyl adjacent to an activating group) is 1. The Labute approximate surface area is 296 Å². The van der Waals surface area contributed by atoms with Gasteiger partial charge in [0.2, 0.25) is 11.8 Å². The molecule has 15 heteroatoms. The fraction of sp³-hybridized carbons (Fsp3) is 0.459. The Bertz CT molecular complexity index is 1830. The maximum absolute atomic E-state index is 14.3. The first-order valence-corrected chi connectivity index (χ1v) is 16.3. The van der Waals surface area contributed by atoms with Crippen LogP contribution < -0.4 is 4.90 Å². The molecule has 3 amide bonds. The quantitative estimate of drug-likeness (QED) is 0.234. The van der Waals surface area contributed by atoms with Crippen molar-refractivity contribution in [1.29, 1.82) is 0 Å². The molecule has 1 fully saturated rings. The monoisotopic (exact) mass is 739 g/mol. The highest BCUT2D eigenvalue weighted by Gasteiger charge is 2.52. The van der Waals surface area contributed by atoms with Gasteiger partial charge in [-0.05, 0) is 93.6 Å². The minimum atomic E-state index is -5.14. The first-order chi connectivity index (χ1) is 23.7. The fourth-order valence-corrected chi connectivity index (χ4v) is 6.32. The summed E-state index contributed by atoms with van der Waals surface area (Å²) in [5.41, 5.74) is -6.03. The summed E-state index contributed by atoms with van der Waals surface area (Å²) >= 11 is 0. The van der Waals surface area contributed by atoms with E-state index >= 15 is 0 Å². The van der Waals surface area contributed by atoms with Crippen LogP contribution in [0.1, 0.15) is 75.4 Å². The number of pyridine rings is 1. The largest absolute Gasteiger partial charge is 0.449 e. The highest BCUT2D eigenvalue weighted by molar-refractivity contribution is 6.03. The van der Waals surface area contributed by atoms with Crippen molar-refractivity contribution in [1.82, 2.24) is 9.88 Å². The van der Waals surface area contributed by atoms with Crippen molar-refractivity contribution < 1.29 is 55.0 Å². The van der Waals surface area contributed by atoms with Crippen molar-refractivity contribution in [3.05, 3.63) is 82.4 Å². The van der Waals surface area contributed by atoms with Crippen molar-refractivity contribution in [2.24, 2.45) is 11.8 Å². The summed E-state index contributed by atoms with van der Waals surface area (Å²) in [6.07, 6.45) is -9.95. The van der Waals surface area contributed by atoms with Crippen LogP contribution in [0.3, 0.4) is 0 Å². The van der Waals surface area contributed by atoms with E-state index in [-0.39, 0.29) is 42.1 Å². The molecule has 282 valence electrons. The van der Waals surface area contributed by atoms with Gasteiger partial charge < -0.3 is 14.7 Å². The third-order valence-electron chi connectivity index (χ3n) is 9.11. The van der Waals surface area contributed by atoms with Crippen LogP contribution in [0.5, 0.6) is 0 Å². The first kappa shape index (κ1) is 40.2. The van der Waals surface area contributed by atoms with Gasteiger partial charge in [-0.15, -0.1) is 0 Å². The normalized spacial score (nSPS) is 17.2. The zero-order valence-electron chi connectivity index (χ0n) is 29.8. The van der Waals surface area contributed by atoms with E-state index in [1.165, 1.54) is 59.1 Å². The number of alkyl halides is 6. The summed E-state index contributed by atoms with van der Waals surface area (Å²) in [5, 5.41) is 11.1. The number of likely N-dealkylation sites (tertiary alicyclic amines) is 1. The number of benzene rings is 2. The third kappa shape index (κ3) is 8.24. The number of imide groups is 1. The maximum Gasteiger partial charge on any atom is 0.416 e. The predicted octanol–water partition coefficient (Wildman–Crippen LogP) is 8.28. The van der Waals surface area contributed by atoms with E-state index < -0.39 is 75.6 Å². The zero-order chi connectivity index (χ0) is 39.3. The summed E-state index contributed by atoms with van der Waals surface area (Å²) in [6, 6.07) is 6.27. The van der Waals surface area contributed by atoms with Crippen LogP contribution in [0.4, 0.5) is 41.2 Å². The first-order valence-electron chi connectivity index (χ1n) is 16.3. The average Bonchev–Trinajstić information content (AvgIpc) is 3.39. The van der Waals surface area contributed by atoms with Gasteiger partial charge in [-0.25, -0.2) is 14.1 Å². The highest BCUT2D eigenvalue weighted by Crippen LogP contribution is 2.44. The SMILES string of the molecule is Cc1cc(F)ccc1-c1cc(C2CN(C(=O)OCC(C)C)C(=O)C2C(C)(C)O)ncc1N(C)C(=O)C(C)(C)c1cc(C(F)(F)F)cc(C(F)(F)F)c1. The Morgan fingerprint density at radius 1 is 0.942 bits per heavy atom. The van der Waals surface area contributed by atoms with E-state index in [2.05, 4.69) is 4.98 Å². The fourth-order valence-electron chi connectivity index (χ4n) is 6.32. The van der Waals surface area contributed by atoms with Gasteiger partial charge >= 0.3 is 18.4 Å². The molecule has 4 rings (SSSR count). The standard InChI is InChI=1S/C37H40F7N3O5/c1-19(2)18-52-33(50)47-17-27(30(31(47)48)35(6,7)51)28-15-26(25-10-9-24(38)11-20(25)3)29(16-45-28)46(8)32(49)34(4,5)21-12-22(36(39,40)41)14-23(13-21)37(42,43)44/h9-16,19,27,30,51H,17-18H2,1-8H3. The molecule has 1 aliphatic rings. The molecule has 0 spiro atoms. The summed E-state index contributed by atoms with van der Waals surface area (Å²) in [6.45, 7) is 10.2. The number of aromatic nitrogens is 1. The number of carbonyl (C=O) groups is 3. The number of amides is 3. The van der Waals surface area contributed by atoms with Gasteiger partial charge in [0.1, 0.15) is 5.82 Å². The van der Waals surface area contributed by atoms with Crippen LogP contribution in [0, 0.1) is 24.6 Å². The number of hydrogen-bond donors (Lipinski definition) is 1. The number of halogens is 7. The second-order valence-corrected chi connectivity index (χ2v) is 14.5. The van der Waals surface area contributed by atoms with E-state index in [9.17, 15) is 50.2 Å². The molecule has 0 radical (unpaired) electrons. The number of nitrogens with zero attached hydrogens (tertiary/aromatic N) is 3. The second-order valence-electron chi connectivity index (χ2n) is 14.5. The van der Waals surface area contributed by atoms with Crippen molar-refractivity contribution in [3.63, 3.8) is 0 Å². The van der Waals surface area contributed by atoms with Gasteiger partial charge in [0.15, 0.2) is 0 Å². The van der Waals surface area contributed by atoms with Gasteiger partial charge in [0.25, 0.3) is 0 Å². The lowest BCUT2D eigenvalue weighted by atomic mass is 9.79. The smallest absolute Gasteiger partial charge is 0.416 e. The average molecular weight is 740 g/mol. The molecule has 2 aromatic carbocycles. The van der Waals surface area contributed by atoms with Gasteiger partial charge in [0.05, 0.1) is 46.6 Å².